The van der Waals surface area contributed by atoms with Crippen LogP contribution in [0.2, 0.25) is 0 Å². The Morgan fingerprint density at radius 3 is 2.62 bits per heavy atom. The Kier molecular flexibility index (Phi) is 3.93. The topological polar surface area (TPSA) is 58.6 Å². The minimum absolute atomic E-state index is 0.482. The second-order valence-electron chi connectivity index (χ2n) is 3.86. The Bertz CT molecular complexity index is 399. The number of amides is 1. The maximum absolute atomic E-state index is 11.6. The zero-order valence-electron chi connectivity index (χ0n) is 9.37. The third kappa shape index (κ3) is 3.21. The SMILES string of the molecule is COc1ccc(Br)cc1NC(=O)C(C)(C)O. The molecule has 1 rings (SSSR count). The van der Waals surface area contributed by atoms with Gasteiger partial charge in [0.1, 0.15) is 11.4 Å². The van der Waals surface area contributed by atoms with Crippen molar-refractivity contribution in [1.82, 2.24) is 0 Å². The lowest BCUT2D eigenvalue weighted by molar-refractivity contribution is -0.130. The predicted molar refractivity (Wildman–Crippen MR) is 65.6 cm³/mol. The van der Waals surface area contributed by atoms with Gasteiger partial charge in [-0.25, -0.2) is 0 Å². The minimum atomic E-state index is -1.42. The average molecular weight is 288 g/mol. The number of hydrogen-bond acceptors (Lipinski definition) is 3. The number of ether oxygens (including phenoxy) is 1. The summed E-state index contributed by atoms with van der Waals surface area (Å²) in [4.78, 5) is 11.6. The van der Waals surface area contributed by atoms with Crippen molar-refractivity contribution in [3.63, 3.8) is 0 Å². The van der Waals surface area contributed by atoms with Gasteiger partial charge in [-0.15, -0.1) is 0 Å². The Labute approximate surface area is 103 Å². The van der Waals surface area contributed by atoms with Crippen LogP contribution in [0.4, 0.5) is 5.69 Å². The molecule has 0 saturated heterocycles. The van der Waals surface area contributed by atoms with E-state index in [2.05, 4.69) is 21.2 Å². The molecule has 0 aliphatic carbocycles. The molecule has 0 aromatic heterocycles. The second-order valence-corrected chi connectivity index (χ2v) is 4.77. The maximum Gasteiger partial charge on any atom is 0.255 e. The molecule has 4 nitrogen and oxygen atoms in total. The van der Waals surface area contributed by atoms with Crippen LogP contribution in [0, 0.1) is 0 Å². The van der Waals surface area contributed by atoms with E-state index in [-0.39, 0.29) is 0 Å². The van der Waals surface area contributed by atoms with Crippen molar-refractivity contribution in [3.8, 4) is 5.75 Å². The third-order valence-electron chi connectivity index (χ3n) is 1.97. The Morgan fingerprint density at radius 1 is 1.50 bits per heavy atom. The van der Waals surface area contributed by atoms with Crippen LogP contribution < -0.4 is 10.1 Å². The van der Waals surface area contributed by atoms with Crippen LogP contribution in [0.5, 0.6) is 5.75 Å². The highest BCUT2D eigenvalue weighted by Gasteiger charge is 2.24. The van der Waals surface area contributed by atoms with Crippen LogP contribution in [-0.2, 0) is 4.79 Å². The summed E-state index contributed by atoms with van der Waals surface area (Å²) in [6.07, 6.45) is 0. The first-order valence-corrected chi connectivity index (χ1v) is 5.51. The van der Waals surface area contributed by atoms with Crippen LogP contribution in [0.3, 0.4) is 0 Å². The molecule has 5 heteroatoms. The lowest BCUT2D eigenvalue weighted by Crippen LogP contribution is -2.36. The van der Waals surface area contributed by atoms with Gasteiger partial charge in [-0.2, -0.15) is 0 Å². The molecule has 1 amide bonds. The van der Waals surface area contributed by atoms with E-state index in [1.807, 2.05) is 0 Å². The van der Waals surface area contributed by atoms with Gasteiger partial charge in [0.15, 0.2) is 0 Å². The molecule has 0 heterocycles. The number of carbonyl (C=O) groups is 1. The van der Waals surface area contributed by atoms with Gasteiger partial charge in [0.05, 0.1) is 12.8 Å². The molecule has 0 atom stereocenters. The van der Waals surface area contributed by atoms with Gasteiger partial charge in [0.25, 0.3) is 5.91 Å². The quantitative estimate of drug-likeness (QED) is 0.896. The number of carbonyl (C=O) groups excluding carboxylic acids is 1. The summed E-state index contributed by atoms with van der Waals surface area (Å²) in [7, 11) is 1.52. The number of aliphatic hydroxyl groups is 1. The first-order chi connectivity index (χ1) is 7.34. The molecule has 0 saturated carbocycles. The lowest BCUT2D eigenvalue weighted by atomic mass is 10.1. The van der Waals surface area contributed by atoms with Crippen LogP contribution >= 0.6 is 15.9 Å². The molecule has 0 spiro atoms. The number of halogens is 1. The number of nitrogens with one attached hydrogen (secondary N) is 1. The second kappa shape index (κ2) is 4.84. The van der Waals surface area contributed by atoms with Crippen molar-refractivity contribution in [2.75, 3.05) is 12.4 Å². The van der Waals surface area contributed by atoms with Crippen molar-refractivity contribution in [2.24, 2.45) is 0 Å². The zero-order chi connectivity index (χ0) is 12.3. The molecular weight excluding hydrogens is 274 g/mol. The Balaban J connectivity index is 2.96. The Morgan fingerprint density at radius 2 is 2.12 bits per heavy atom. The van der Waals surface area contributed by atoms with E-state index in [0.717, 1.165) is 4.47 Å². The summed E-state index contributed by atoms with van der Waals surface area (Å²) in [5.41, 5.74) is -0.906. The fourth-order valence-corrected chi connectivity index (χ4v) is 1.41. The van der Waals surface area contributed by atoms with E-state index >= 15 is 0 Å². The van der Waals surface area contributed by atoms with E-state index in [0.29, 0.717) is 11.4 Å². The van der Waals surface area contributed by atoms with E-state index < -0.39 is 11.5 Å². The lowest BCUT2D eigenvalue weighted by Gasteiger charge is -2.18. The summed E-state index contributed by atoms with van der Waals surface area (Å²) in [6.45, 7) is 2.85. The monoisotopic (exact) mass is 287 g/mol. The van der Waals surface area contributed by atoms with Crippen LogP contribution in [-0.4, -0.2) is 23.7 Å². The van der Waals surface area contributed by atoms with E-state index in [1.165, 1.54) is 21.0 Å². The van der Waals surface area contributed by atoms with E-state index in [9.17, 15) is 9.90 Å². The van der Waals surface area contributed by atoms with Crippen molar-refractivity contribution >= 4 is 27.5 Å². The normalized spacial score (nSPS) is 11.1. The highest BCUT2D eigenvalue weighted by atomic mass is 79.9. The first-order valence-electron chi connectivity index (χ1n) is 4.72. The molecule has 1 aromatic carbocycles. The van der Waals surface area contributed by atoms with E-state index in [4.69, 9.17) is 4.74 Å². The van der Waals surface area contributed by atoms with Gasteiger partial charge in [0.2, 0.25) is 0 Å². The molecule has 0 fully saturated rings. The largest absolute Gasteiger partial charge is 0.495 e. The van der Waals surface area contributed by atoms with Crippen molar-refractivity contribution < 1.29 is 14.6 Å². The Hall–Kier alpha value is -1.07. The summed E-state index contributed by atoms with van der Waals surface area (Å²) < 4.78 is 5.92. The molecule has 2 N–H and O–H groups in total. The van der Waals surface area contributed by atoms with Crippen LogP contribution in [0.15, 0.2) is 22.7 Å². The van der Waals surface area contributed by atoms with Gasteiger partial charge in [-0.3, -0.25) is 4.79 Å². The molecule has 0 aliphatic rings. The number of methoxy groups -OCH3 is 1. The minimum Gasteiger partial charge on any atom is -0.495 e. The van der Waals surface area contributed by atoms with Crippen molar-refractivity contribution in [2.45, 2.75) is 19.4 Å². The zero-order valence-corrected chi connectivity index (χ0v) is 11.0. The molecular formula is C11H14BrNO3. The molecule has 1 aromatic rings. The van der Waals surface area contributed by atoms with Gasteiger partial charge in [0, 0.05) is 4.47 Å². The van der Waals surface area contributed by atoms with Crippen molar-refractivity contribution in [3.05, 3.63) is 22.7 Å². The van der Waals surface area contributed by atoms with Crippen molar-refractivity contribution in [1.29, 1.82) is 0 Å². The van der Waals surface area contributed by atoms with Gasteiger partial charge in [-0.05, 0) is 32.0 Å². The summed E-state index contributed by atoms with van der Waals surface area (Å²) in [5, 5.41) is 12.1. The highest BCUT2D eigenvalue weighted by molar-refractivity contribution is 9.10. The van der Waals surface area contributed by atoms with Gasteiger partial charge < -0.3 is 15.2 Å². The third-order valence-corrected chi connectivity index (χ3v) is 2.46. The molecule has 0 aliphatic heterocycles. The van der Waals surface area contributed by atoms with Gasteiger partial charge in [-0.1, -0.05) is 15.9 Å². The maximum atomic E-state index is 11.6. The molecule has 0 radical (unpaired) electrons. The summed E-state index contributed by atoms with van der Waals surface area (Å²) >= 11 is 3.30. The summed E-state index contributed by atoms with van der Waals surface area (Å²) in [5.74, 6) is 0.0599. The fourth-order valence-electron chi connectivity index (χ4n) is 1.05. The van der Waals surface area contributed by atoms with Gasteiger partial charge >= 0.3 is 0 Å². The standard InChI is InChI=1S/C11H14BrNO3/c1-11(2,15)10(14)13-8-6-7(12)4-5-9(8)16-3/h4-6,15H,1-3H3,(H,13,14). The highest BCUT2D eigenvalue weighted by Crippen LogP contribution is 2.28. The van der Waals surface area contributed by atoms with Crippen LogP contribution in [0.25, 0.3) is 0 Å². The summed E-state index contributed by atoms with van der Waals surface area (Å²) in [6, 6.07) is 5.24. The molecule has 16 heavy (non-hydrogen) atoms. The predicted octanol–water partition coefficient (Wildman–Crippen LogP) is 2.17. The molecule has 88 valence electrons. The number of benzene rings is 1. The number of rotatable bonds is 3. The first kappa shape index (κ1) is 13.0. The number of anilines is 1. The van der Waals surface area contributed by atoms with E-state index in [1.54, 1.807) is 18.2 Å². The average Bonchev–Trinajstić information content (AvgIpc) is 2.16. The molecule has 0 unspecified atom stereocenters. The fraction of sp³-hybridized carbons (Fsp3) is 0.364. The van der Waals surface area contributed by atoms with Crippen LogP contribution in [0.1, 0.15) is 13.8 Å². The molecule has 0 bridgehead atoms. The smallest absolute Gasteiger partial charge is 0.255 e. The number of hydrogen-bond donors (Lipinski definition) is 2.